The van der Waals surface area contributed by atoms with Crippen molar-refractivity contribution < 1.29 is 5.11 Å². The Labute approximate surface area is 62.0 Å². The summed E-state index contributed by atoms with van der Waals surface area (Å²) in [6.45, 7) is 5.44. The highest BCUT2D eigenvalue weighted by atomic mass is 16.3. The zero-order chi connectivity index (χ0) is 7.40. The number of nitrogens with one attached hydrogen (secondary N) is 1. The summed E-state index contributed by atoms with van der Waals surface area (Å²) < 4.78 is 0. The zero-order valence-corrected chi connectivity index (χ0v) is 6.51. The third-order valence-corrected chi connectivity index (χ3v) is 2.00. The van der Waals surface area contributed by atoms with Crippen molar-refractivity contribution in [2.75, 3.05) is 26.2 Å². The van der Waals surface area contributed by atoms with Gasteiger partial charge in [-0.3, -0.25) is 4.90 Å². The molecule has 1 atom stereocenters. The minimum atomic E-state index is 0.270. The van der Waals surface area contributed by atoms with E-state index in [1.807, 2.05) is 0 Å². The molecule has 1 unspecified atom stereocenters. The van der Waals surface area contributed by atoms with Gasteiger partial charge in [-0.1, -0.05) is 0 Å². The first-order valence-electron chi connectivity index (χ1n) is 3.93. The van der Waals surface area contributed by atoms with Crippen molar-refractivity contribution >= 4 is 0 Å². The van der Waals surface area contributed by atoms with Gasteiger partial charge in [-0.2, -0.15) is 0 Å². The van der Waals surface area contributed by atoms with Gasteiger partial charge in [-0.15, -0.1) is 0 Å². The zero-order valence-electron chi connectivity index (χ0n) is 6.51. The average molecular weight is 144 g/mol. The van der Waals surface area contributed by atoms with E-state index in [1.165, 1.54) is 6.42 Å². The van der Waals surface area contributed by atoms with Crippen LogP contribution in [0.5, 0.6) is 0 Å². The van der Waals surface area contributed by atoms with Crippen LogP contribution in [0.4, 0.5) is 0 Å². The smallest absolute Gasteiger partial charge is 0.0568 e. The maximum Gasteiger partial charge on any atom is 0.0568 e. The lowest BCUT2D eigenvalue weighted by Crippen LogP contribution is -2.50. The van der Waals surface area contributed by atoms with Crippen molar-refractivity contribution in [2.24, 2.45) is 0 Å². The van der Waals surface area contributed by atoms with Gasteiger partial charge in [0.1, 0.15) is 0 Å². The molecule has 1 fully saturated rings. The number of β-amino-alcohol motifs (C(OH)–C–C–N with tert-alkyl or cyclic N) is 1. The van der Waals surface area contributed by atoms with Gasteiger partial charge in [0.2, 0.25) is 0 Å². The quantitative estimate of drug-likeness (QED) is 0.554. The molecule has 0 bridgehead atoms. The van der Waals surface area contributed by atoms with Crippen LogP contribution in [0.2, 0.25) is 0 Å². The molecular weight excluding hydrogens is 128 g/mol. The van der Waals surface area contributed by atoms with E-state index in [0.717, 1.165) is 19.6 Å². The largest absolute Gasteiger partial charge is 0.395 e. The van der Waals surface area contributed by atoms with E-state index in [9.17, 15) is 0 Å². The van der Waals surface area contributed by atoms with Crippen molar-refractivity contribution in [1.29, 1.82) is 0 Å². The topological polar surface area (TPSA) is 35.5 Å². The fraction of sp³-hybridized carbons (Fsp3) is 1.00. The molecule has 0 aromatic carbocycles. The second-order valence-corrected chi connectivity index (χ2v) is 2.74. The van der Waals surface area contributed by atoms with Crippen LogP contribution in [0.1, 0.15) is 13.3 Å². The lowest BCUT2D eigenvalue weighted by molar-refractivity contribution is 0.114. The Morgan fingerprint density at radius 3 is 3.10 bits per heavy atom. The number of hydrogen-bond donors (Lipinski definition) is 2. The summed E-state index contributed by atoms with van der Waals surface area (Å²) in [5, 5.41) is 12.0. The maximum atomic E-state index is 8.67. The van der Waals surface area contributed by atoms with Crippen molar-refractivity contribution in [3.8, 4) is 0 Å². The Morgan fingerprint density at radius 1 is 1.70 bits per heavy atom. The second-order valence-electron chi connectivity index (χ2n) is 2.74. The van der Waals surface area contributed by atoms with Gasteiger partial charge in [0, 0.05) is 13.1 Å². The molecule has 10 heavy (non-hydrogen) atoms. The third-order valence-electron chi connectivity index (χ3n) is 2.00. The predicted octanol–water partition coefficient (Wildman–Crippen LogP) is -0.380. The lowest BCUT2D eigenvalue weighted by atomic mass is 10.2. The average Bonchev–Trinajstić information content (AvgIpc) is 1.94. The molecule has 0 aromatic rings. The standard InChI is InChI=1S/C7H16N2O/c1-7-8-3-2-4-9(7)5-6-10/h7-8,10H,2-6H2,1H3. The normalized spacial score (nSPS) is 28.8. The summed E-state index contributed by atoms with van der Waals surface area (Å²) in [7, 11) is 0. The summed E-state index contributed by atoms with van der Waals surface area (Å²) in [6.07, 6.45) is 1.64. The number of rotatable bonds is 2. The lowest BCUT2D eigenvalue weighted by Gasteiger charge is -2.33. The van der Waals surface area contributed by atoms with Crippen LogP contribution >= 0.6 is 0 Å². The summed E-state index contributed by atoms with van der Waals surface area (Å²) in [5.41, 5.74) is 0. The monoisotopic (exact) mass is 144 g/mol. The van der Waals surface area contributed by atoms with Crippen LogP contribution in [0, 0.1) is 0 Å². The molecule has 0 radical (unpaired) electrons. The molecular formula is C7H16N2O. The molecule has 1 rings (SSSR count). The first-order chi connectivity index (χ1) is 4.84. The summed E-state index contributed by atoms with van der Waals surface area (Å²) >= 11 is 0. The van der Waals surface area contributed by atoms with Gasteiger partial charge >= 0.3 is 0 Å². The van der Waals surface area contributed by atoms with E-state index in [4.69, 9.17) is 5.11 Å². The van der Waals surface area contributed by atoms with Gasteiger partial charge in [-0.05, 0) is 19.9 Å². The highest BCUT2D eigenvalue weighted by Crippen LogP contribution is 2.01. The number of hydrogen-bond acceptors (Lipinski definition) is 3. The van der Waals surface area contributed by atoms with Crippen LogP contribution in [0.3, 0.4) is 0 Å². The molecule has 1 aliphatic heterocycles. The fourth-order valence-electron chi connectivity index (χ4n) is 1.35. The summed E-state index contributed by atoms with van der Waals surface area (Å²) in [5.74, 6) is 0. The van der Waals surface area contributed by atoms with Gasteiger partial charge in [0.25, 0.3) is 0 Å². The highest BCUT2D eigenvalue weighted by Gasteiger charge is 2.15. The van der Waals surface area contributed by atoms with Crippen LogP contribution in [0.15, 0.2) is 0 Å². The molecule has 1 aliphatic rings. The van der Waals surface area contributed by atoms with Gasteiger partial charge < -0.3 is 10.4 Å². The van der Waals surface area contributed by atoms with E-state index in [1.54, 1.807) is 0 Å². The van der Waals surface area contributed by atoms with E-state index >= 15 is 0 Å². The van der Waals surface area contributed by atoms with Crippen molar-refractivity contribution in [2.45, 2.75) is 19.5 Å². The van der Waals surface area contributed by atoms with Crippen LogP contribution in [-0.2, 0) is 0 Å². The van der Waals surface area contributed by atoms with E-state index in [-0.39, 0.29) is 6.61 Å². The van der Waals surface area contributed by atoms with E-state index < -0.39 is 0 Å². The maximum absolute atomic E-state index is 8.67. The summed E-state index contributed by atoms with van der Waals surface area (Å²) in [4.78, 5) is 2.25. The second kappa shape index (κ2) is 3.91. The van der Waals surface area contributed by atoms with Crippen molar-refractivity contribution in [3.05, 3.63) is 0 Å². The Kier molecular flexibility index (Phi) is 3.12. The minimum absolute atomic E-state index is 0.270. The number of aliphatic hydroxyl groups is 1. The molecule has 2 N–H and O–H groups in total. The molecule has 0 saturated carbocycles. The molecule has 1 heterocycles. The Balaban J connectivity index is 2.25. The Morgan fingerprint density at radius 2 is 2.50 bits per heavy atom. The molecule has 0 spiro atoms. The molecule has 1 saturated heterocycles. The molecule has 0 aliphatic carbocycles. The highest BCUT2D eigenvalue weighted by molar-refractivity contribution is 4.70. The van der Waals surface area contributed by atoms with Crippen LogP contribution in [-0.4, -0.2) is 42.4 Å². The molecule has 0 aromatic heterocycles. The van der Waals surface area contributed by atoms with E-state index in [0.29, 0.717) is 6.17 Å². The Bertz CT molecular complexity index is 95.6. The van der Waals surface area contributed by atoms with Crippen molar-refractivity contribution in [3.63, 3.8) is 0 Å². The first kappa shape index (κ1) is 7.98. The van der Waals surface area contributed by atoms with Gasteiger partial charge in [0.05, 0.1) is 12.8 Å². The van der Waals surface area contributed by atoms with Gasteiger partial charge in [0.15, 0.2) is 0 Å². The number of aliphatic hydroxyl groups excluding tert-OH is 1. The summed E-state index contributed by atoms with van der Waals surface area (Å²) in [6, 6.07) is 0. The number of nitrogens with zero attached hydrogens (tertiary/aromatic N) is 1. The predicted molar refractivity (Wildman–Crippen MR) is 40.7 cm³/mol. The van der Waals surface area contributed by atoms with E-state index in [2.05, 4.69) is 17.1 Å². The Hall–Kier alpha value is -0.120. The SMILES string of the molecule is CC1NCCCN1CCO. The first-order valence-corrected chi connectivity index (χ1v) is 3.93. The fourth-order valence-corrected chi connectivity index (χ4v) is 1.35. The molecule has 3 heteroatoms. The van der Waals surface area contributed by atoms with Crippen LogP contribution < -0.4 is 5.32 Å². The molecule has 60 valence electrons. The molecule has 0 amide bonds. The minimum Gasteiger partial charge on any atom is -0.395 e. The third kappa shape index (κ3) is 1.94. The van der Waals surface area contributed by atoms with Crippen LogP contribution in [0.25, 0.3) is 0 Å². The van der Waals surface area contributed by atoms with Crippen molar-refractivity contribution in [1.82, 2.24) is 10.2 Å². The molecule has 3 nitrogen and oxygen atoms in total. The van der Waals surface area contributed by atoms with Gasteiger partial charge in [-0.25, -0.2) is 0 Å².